The Hall–Kier alpha value is -6.01. The highest BCUT2D eigenvalue weighted by Gasteiger charge is 2.39. The Balaban J connectivity index is 1.62. The molecule has 50 heavy (non-hydrogen) atoms. The van der Waals surface area contributed by atoms with Crippen LogP contribution in [-0.4, -0.2) is 9.13 Å². The van der Waals surface area contributed by atoms with Crippen molar-refractivity contribution in [3.63, 3.8) is 0 Å². The molecule has 8 aromatic rings. The van der Waals surface area contributed by atoms with Crippen molar-refractivity contribution in [1.29, 1.82) is 0 Å². The van der Waals surface area contributed by atoms with Crippen LogP contribution in [0.1, 0.15) is 22.3 Å². The van der Waals surface area contributed by atoms with Crippen LogP contribution in [0.15, 0.2) is 115 Å². The van der Waals surface area contributed by atoms with Crippen molar-refractivity contribution in [2.24, 2.45) is 0 Å². The standard InChI is InChI=1S/C41H25F6N3/c1-23-15-17-35-27(19-23)25-9-4-6-13-33(25)49(35)37-22-31(41(45,46)47)38(21-29(37)39-30(40(42,43)44)11-8-12-32(39)48-3)50-34-14-7-5-10-26(34)28-20-24(2)16-18-36(28)50/h4-22H,1-2H3. The number of fused-ring (bicyclic) bond motifs is 6. The summed E-state index contributed by atoms with van der Waals surface area (Å²) in [6.45, 7) is 11.7. The van der Waals surface area contributed by atoms with E-state index in [0.717, 1.165) is 40.1 Å². The Morgan fingerprint density at radius 3 is 1.52 bits per heavy atom. The van der Waals surface area contributed by atoms with E-state index in [0.29, 0.717) is 32.8 Å². The summed E-state index contributed by atoms with van der Waals surface area (Å²) in [5.41, 5.74) is 0.132. The van der Waals surface area contributed by atoms with E-state index in [9.17, 15) is 13.2 Å². The van der Waals surface area contributed by atoms with Gasteiger partial charge in [0.25, 0.3) is 0 Å². The zero-order valence-corrected chi connectivity index (χ0v) is 26.6. The van der Waals surface area contributed by atoms with Gasteiger partial charge in [0.2, 0.25) is 0 Å². The summed E-state index contributed by atoms with van der Waals surface area (Å²) < 4.78 is 94.2. The molecule has 0 unspecified atom stereocenters. The van der Waals surface area contributed by atoms with E-state index in [-0.39, 0.29) is 22.6 Å². The second-order valence-electron chi connectivity index (χ2n) is 12.4. The van der Waals surface area contributed by atoms with Crippen LogP contribution in [0.4, 0.5) is 32.0 Å². The Bertz CT molecular complexity index is 2720. The average Bonchev–Trinajstić information content (AvgIpc) is 3.58. The van der Waals surface area contributed by atoms with E-state index in [1.807, 2.05) is 44.2 Å². The number of nitrogens with zero attached hydrogens (tertiary/aromatic N) is 3. The summed E-state index contributed by atoms with van der Waals surface area (Å²) in [6.07, 6.45) is -9.84. The van der Waals surface area contributed by atoms with E-state index in [2.05, 4.69) is 4.85 Å². The molecule has 0 aliphatic carbocycles. The number of alkyl halides is 6. The van der Waals surface area contributed by atoms with E-state index in [1.165, 1.54) is 16.7 Å². The van der Waals surface area contributed by atoms with Gasteiger partial charge in [-0.1, -0.05) is 77.9 Å². The number of aryl methyl sites for hydroxylation is 2. The number of rotatable bonds is 3. The zero-order chi connectivity index (χ0) is 35.1. The van der Waals surface area contributed by atoms with Crippen LogP contribution in [0.3, 0.4) is 0 Å². The van der Waals surface area contributed by atoms with Crippen LogP contribution in [0.5, 0.6) is 0 Å². The summed E-state index contributed by atoms with van der Waals surface area (Å²) in [7, 11) is 0. The third-order valence-corrected chi connectivity index (χ3v) is 9.30. The summed E-state index contributed by atoms with van der Waals surface area (Å²) in [4.78, 5) is 3.46. The highest BCUT2D eigenvalue weighted by molar-refractivity contribution is 6.11. The maximum atomic E-state index is 15.5. The molecule has 0 saturated carbocycles. The molecule has 0 aliphatic rings. The Morgan fingerprint density at radius 2 is 1.00 bits per heavy atom. The van der Waals surface area contributed by atoms with Crippen LogP contribution in [0, 0.1) is 20.4 Å². The molecule has 6 aromatic carbocycles. The molecular formula is C41H25F6N3. The molecule has 0 spiro atoms. The van der Waals surface area contributed by atoms with Gasteiger partial charge in [0, 0.05) is 27.1 Å². The number of hydrogen-bond acceptors (Lipinski definition) is 0. The fourth-order valence-corrected chi connectivity index (χ4v) is 7.22. The number of benzene rings is 6. The van der Waals surface area contributed by atoms with E-state index in [4.69, 9.17) is 6.57 Å². The molecule has 0 aliphatic heterocycles. The van der Waals surface area contributed by atoms with Gasteiger partial charge in [0.05, 0.1) is 51.1 Å². The monoisotopic (exact) mass is 673 g/mol. The van der Waals surface area contributed by atoms with Crippen molar-refractivity contribution in [3.05, 3.63) is 149 Å². The lowest BCUT2D eigenvalue weighted by atomic mass is 9.93. The quantitative estimate of drug-likeness (QED) is 0.131. The average molecular weight is 674 g/mol. The molecule has 3 nitrogen and oxygen atoms in total. The van der Waals surface area contributed by atoms with Gasteiger partial charge in [0.1, 0.15) is 0 Å². The lowest BCUT2D eigenvalue weighted by Gasteiger charge is -2.24. The van der Waals surface area contributed by atoms with Crippen molar-refractivity contribution < 1.29 is 26.3 Å². The summed E-state index contributed by atoms with van der Waals surface area (Å²) in [5, 5.41) is 2.86. The fraction of sp³-hybridized carbons (Fsp3) is 0.0976. The Kier molecular flexibility index (Phi) is 6.88. The lowest BCUT2D eigenvalue weighted by Crippen LogP contribution is -2.14. The lowest BCUT2D eigenvalue weighted by molar-refractivity contribution is -0.138. The fourth-order valence-electron chi connectivity index (χ4n) is 7.22. The van der Waals surface area contributed by atoms with Crippen molar-refractivity contribution in [2.45, 2.75) is 26.2 Å². The molecule has 246 valence electrons. The molecule has 0 amide bonds. The van der Waals surface area contributed by atoms with Crippen molar-refractivity contribution in [2.75, 3.05) is 0 Å². The molecule has 2 heterocycles. The second kappa shape index (κ2) is 11.0. The molecule has 2 aromatic heterocycles. The Morgan fingerprint density at radius 1 is 0.500 bits per heavy atom. The maximum absolute atomic E-state index is 15.5. The topological polar surface area (TPSA) is 14.2 Å². The minimum atomic E-state index is -4.92. The largest absolute Gasteiger partial charge is 0.418 e. The normalized spacial score (nSPS) is 12.4. The van der Waals surface area contributed by atoms with Gasteiger partial charge in [0.15, 0.2) is 5.69 Å². The maximum Gasteiger partial charge on any atom is 0.418 e. The third-order valence-electron chi connectivity index (χ3n) is 9.30. The molecule has 9 heteroatoms. The summed E-state index contributed by atoms with van der Waals surface area (Å²) >= 11 is 0. The molecule has 0 atom stereocenters. The zero-order valence-electron chi connectivity index (χ0n) is 26.6. The van der Waals surface area contributed by atoms with Crippen LogP contribution in [-0.2, 0) is 12.4 Å². The van der Waals surface area contributed by atoms with Crippen LogP contribution in [0.2, 0.25) is 0 Å². The van der Waals surface area contributed by atoms with Crippen molar-refractivity contribution in [3.8, 4) is 22.5 Å². The molecule has 8 rings (SSSR count). The minimum Gasteiger partial charge on any atom is -0.309 e. The van der Waals surface area contributed by atoms with Gasteiger partial charge in [-0.05, 0) is 67.9 Å². The number of para-hydroxylation sites is 2. The van der Waals surface area contributed by atoms with Crippen LogP contribution >= 0.6 is 0 Å². The van der Waals surface area contributed by atoms with Gasteiger partial charge >= 0.3 is 12.4 Å². The predicted molar refractivity (Wildman–Crippen MR) is 186 cm³/mol. The second-order valence-corrected chi connectivity index (χ2v) is 12.4. The number of halogens is 6. The van der Waals surface area contributed by atoms with Gasteiger partial charge < -0.3 is 9.13 Å². The molecule has 0 radical (unpaired) electrons. The molecule has 0 fully saturated rings. The minimum absolute atomic E-state index is 0.130. The van der Waals surface area contributed by atoms with Gasteiger partial charge in [-0.25, -0.2) is 4.85 Å². The summed E-state index contributed by atoms with van der Waals surface area (Å²) in [5.74, 6) is 0. The van der Waals surface area contributed by atoms with E-state index in [1.54, 1.807) is 59.2 Å². The highest BCUT2D eigenvalue weighted by atomic mass is 19.4. The molecule has 0 saturated heterocycles. The first-order valence-corrected chi connectivity index (χ1v) is 15.7. The van der Waals surface area contributed by atoms with Gasteiger partial charge in [-0.2, -0.15) is 26.3 Å². The molecular weight excluding hydrogens is 648 g/mol. The SMILES string of the molecule is [C-]#[N+]c1cccc(C(F)(F)F)c1-c1cc(-n2c3ccccc3c3cc(C)ccc32)c(C(F)(F)F)cc1-n1c2ccccc2c2cc(C)ccc21. The smallest absolute Gasteiger partial charge is 0.309 e. The first-order chi connectivity index (χ1) is 23.9. The molecule has 0 bridgehead atoms. The van der Waals surface area contributed by atoms with E-state index < -0.39 is 29.0 Å². The Labute approximate surface area is 282 Å². The van der Waals surface area contributed by atoms with Crippen LogP contribution < -0.4 is 0 Å². The van der Waals surface area contributed by atoms with Crippen molar-refractivity contribution in [1.82, 2.24) is 9.13 Å². The highest BCUT2D eigenvalue weighted by Crippen LogP contribution is 2.49. The predicted octanol–water partition coefficient (Wildman–Crippen LogP) is 12.8. The first kappa shape index (κ1) is 31.3. The van der Waals surface area contributed by atoms with Crippen molar-refractivity contribution >= 4 is 49.3 Å². The first-order valence-electron chi connectivity index (χ1n) is 15.7. The van der Waals surface area contributed by atoms with Crippen LogP contribution in [0.25, 0.3) is 71.0 Å². The third kappa shape index (κ3) is 4.74. The number of hydrogen-bond donors (Lipinski definition) is 0. The molecule has 0 N–H and O–H groups in total. The summed E-state index contributed by atoms with van der Waals surface area (Å²) in [6, 6.07) is 30.4. The van der Waals surface area contributed by atoms with Gasteiger partial charge in [-0.3, -0.25) is 0 Å². The number of aromatic nitrogens is 2. The van der Waals surface area contributed by atoms with E-state index >= 15 is 13.2 Å². The van der Waals surface area contributed by atoms with Gasteiger partial charge in [-0.15, -0.1) is 0 Å².